The van der Waals surface area contributed by atoms with E-state index in [9.17, 15) is 9.59 Å². The quantitative estimate of drug-likeness (QED) is 0.577. The first-order chi connectivity index (χ1) is 14.8. The maximum absolute atomic E-state index is 12.3. The van der Waals surface area contributed by atoms with E-state index < -0.39 is 0 Å². The maximum atomic E-state index is 12.3. The van der Waals surface area contributed by atoms with Crippen molar-refractivity contribution in [2.24, 2.45) is 0 Å². The predicted octanol–water partition coefficient (Wildman–Crippen LogP) is 3.98. The molecule has 0 atom stereocenters. The molecule has 0 bridgehead atoms. The van der Waals surface area contributed by atoms with Gasteiger partial charge in [-0.15, -0.1) is 0 Å². The number of anilines is 1. The molecule has 0 aliphatic rings. The summed E-state index contributed by atoms with van der Waals surface area (Å²) >= 11 is 0. The summed E-state index contributed by atoms with van der Waals surface area (Å²) in [6.45, 7) is 5.32. The van der Waals surface area contributed by atoms with Crippen molar-refractivity contribution in [1.29, 1.82) is 0 Å². The number of ether oxygens (including phenoxy) is 1. The molecule has 7 heteroatoms. The fourth-order valence-electron chi connectivity index (χ4n) is 3.08. The number of amides is 3. The van der Waals surface area contributed by atoms with Crippen LogP contribution in [0.1, 0.15) is 25.0 Å². The third-order valence-electron chi connectivity index (χ3n) is 4.89. The van der Waals surface area contributed by atoms with Gasteiger partial charge in [0.25, 0.3) is 0 Å². The summed E-state index contributed by atoms with van der Waals surface area (Å²) in [7, 11) is 3.48. The molecule has 7 nitrogen and oxygen atoms in total. The van der Waals surface area contributed by atoms with Gasteiger partial charge in [0.1, 0.15) is 6.54 Å². The molecular weight excluding hydrogens is 392 g/mol. The number of hydrogen-bond acceptors (Lipinski definition) is 3. The number of nitrogens with zero attached hydrogens (tertiary/aromatic N) is 2. The highest BCUT2D eigenvalue weighted by Gasteiger charge is 2.09. The number of benzene rings is 2. The lowest BCUT2D eigenvalue weighted by molar-refractivity contribution is -0.129. The zero-order valence-electron chi connectivity index (χ0n) is 18.5. The third-order valence-corrected chi connectivity index (χ3v) is 4.89. The van der Waals surface area contributed by atoms with Crippen LogP contribution in [0.25, 0.3) is 10.9 Å². The molecule has 3 rings (SSSR count). The zero-order chi connectivity index (χ0) is 22.4. The van der Waals surface area contributed by atoms with Crippen molar-refractivity contribution in [1.82, 2.24) is 14.8 Å². The van der Waals surface area contributed by atoms with Crippen LogP contribution in [0.3, 0.4) is 0 Å². The van der Waals surface area contributed by atoms with E-state index in [1.54, 1.807) is 19.0 Å². The molecule has 0 fully saturated rings. The molecule has 1 aromatic heterocycles. The summed E-state index contributed by atoms with van der Waals surface area (Å²) in [5.41, 5.74) is 3.77. The summed E-state index contributed by atoms with van der Waals surface area (Å²) < 4.78 is 7.49. The van der Waals surface area contributed by atoms with E-state index in [0.717, 1.165) is 22.0 Å². The molecule has 0 aliphatic heterocycles. The molecule has 2 N–H and O–H groups in total. The van der Waals surface area contributed by atoms with Gasteiger partial charge in [-0.05, 0) is 49.2 Å². The Morgan fingerprint density at radius 2 is 1.74 bits per heavy atom. The van der Waals surface area contributed by atoms with E-state index in [2.05, 4.69) is 10.6 Å². The molecule has 1 heterocycles. The standard InChI is InChI=1S/C24H30N4O3/c1-17(2)31-16-19-7-5-18(6-8-19)14-25-24(30)26-21-9-10-22-20(13-21)11-12-28(22)15-23(29)27(3)4/h5-13,17H,14-16H2,1-4H3,(H2,25,26,30). The van der Waals surface area contributed by atoms with E-state index in [0.29, 0.717) is 18.8 Å². The smallest absolute Gasteiger partial charge is 0.319 e. The van der Waals surface area contributed by atoms with Crippen LogP contribution in [0.15, 0.2) is 54.7 Å². The highest BCUT2D eigenvalue weighted by atomic mass is 16.5. The summed E-state index contributed by atoms with van der Waals surface area (Å²) in [5.74, 6) is 0.0274. The second-order valence-electron chi connectivity index (χ2n) is 7.99. The minimum Gasteiger partial charge on any atom is -0.374 e. The van der Waals surface area contributed by atoms with Gasteiger partial charge in [0, 0.05) is 43.4 Å². The first-order valence-electron chi connectivity index (χ1n) is 10.3. The average molecular weight is 423 g/mol. The van der Waals surface area contributed by atoms with Gasteiger partial charge >= 0.3 is 6.03 Å². The van der Waals surface area contributed by atoms with E-state index in [1.165, 1.54) is 0 Å². The molecule has 3 aromatic rings. The van der Waals surface area contributed by atoms with Crippen molar-refractivity contribution >= 4 is 28.5 Å². The first-order valence-corrected chi connectivity index (χ1v) is 10.3. The van der Waals surface area contributed by atoms with Gasteiger partial charge in [-0.3, -0.25) is 4.79 Å². The lowest BCUT2D eigenvalue weighted by Crippen LogP contribution is -2.28. The molecule has 0 aliphatic carbocycles. The van der Waals surface area contributed by atoms with Gasteiger partial charge in [-0.25, -0.2) is 4.79 Å². The van der Waals surface area contributed by atoms with Gasteiger partial charge in [0.2, 0.25) is 5.91 Å². The molecule has 0 unspecified atom stereocenters. The Balaban J connectivity index is 1.54. The van der Waals surface area contributed by atoms with Gasteiger partial charge in [0.15, 0.2) is 0 Å². The van der Waals surface area contributed by atoms with Crippen LogP contribution in [-0.2, 0) is 29.2 Å². The van der Waals surface area contributed by atoms with Crippen molar-refractivity contribution in [2.75, 3.05) is 19.4 Å². The van der Waals surface area contributed by atoms with Crippen molar-refractivity contribution in [2.45, 2.75) is 39.6 Å². The highest BCUT2D eigenvalue weighted by Crippen LogP contribution is 2.21. The SMILES string of the molecule is CC(C)OCc1ccc(CNC(=O)Nc2ccc3c(ccn3CC(=O)N(C)C)c2)cc1. The van der Waals surface area contributed by atoms with E-state index in [1.807, 2.05) is 73.1 Å². The largest absolute Gasteiger partial charge is 0.374 e. The number of likely N-dealkylation sites (N-methyl/N-ethyl adjacent to an activating group) is 1. The highest BCUT2D eigenvalue weighted by molar-refractivity contribution is 5.93. The minimum atomic E-state index is -0.270. The number of nitrogens with one attached hydrogen (secondary N) is 2. The second-order valence-corrected chi connectivity index (χ2v) is 7.99. The van der Waals surface area contributed by atoms with Crippen molar-refractivity contribution in [3.8, 4) is 0 Å². The molecular formula is C24H30N4O3. The van der Waals surface area contributed by atoms with Crippen LogP contribution in [0.4, 0.5) is 10.5 Å². The lowest BCUT2D eigenvalue weighted by atomic mass is 10.1. The Bertz CT molecular complexity index is 1040. The summed E-state index contributed by atoms with van der Waals surface area (Å²) in [6, 6.07) is 15.3. The second kappa shape index (κ2) is 10.1. The molecule has 0 saturated carbocycles. The van der Waals surface area contributed by atoms with Gasteiger partial charge in [0.05, 0.1) is 12.7 Å². The lowest BCUT2D eigenvalue weighted by Gasteiger charge is -2.12. The Hall–Kier alpha value is -3.32. The van der Waals surface area contributed by atoms with Crippen LogP contribution < -0.4 is 10.6 Å². The molecule has 0 saturated heterocycles. The van der Waals surface area contributed by atoms with E-state index >= 15 is 0 Å². The molecule has 31 heavy (non-hydrogen) atoms. The Kier molecular flexibility index (Phi) is 7.31. The Morgan fingerprint density at radius 3 is 2.42 bits per heavy atom. The van der Waals surface area contributed by atoms with Gasteiger partial charge < -0.3 is 24.8 Å². The van der Waals surface area contributed by atoms with E-state index in [4.69, 9.17) is 4.74 Å². The summed E-state index contributed by atoms with van der Waals surface area (Å²) in [5, 5.41) is 6.70. The number of urea groups is 1. The Labute approximate surface area is 183 Å². The number of carbonyl (C=O) groups excluding carboxylic acids is 2. The molecule has 3 amide bonds. The van der Waals surface area contributed by atoms with Gasteiger partial charge in [-0.1, -0.05) is 24.3 Å². The van der Waals surface area contributed by atoms with Crippen LogP contribution in [0.5, 0.6) is 0 Å². The maximum Gasteiger partial charge on any atom is 0.319 e. The molecule has 2 aromatic carbocycles. The van der Waals surface area contributed by atoms with Crippen LogP contribution in [0, 0.1) is 0 Å². The Morgan fingerprint density at radius 1 is 1.03 bits per heavy atom. The van der Waals surface area contributed by atoms with Crippen molar-refractivity contribution in [3.05, 3.63) is 65.9 Å². The molecule has 0 spiro atoms. The number of hydrogen-bond donors (Lipinski definition) is 2. The normalized spacial score (nSPS) is 11.0. The zero-order valence-corrected chi connectivity index (χ0v) is 18.5. The summed E-state index contributed by atoms with van der Waals surface area (Å²) in [6.07, 6.45) is 2.08. The minimum absolute atomic E-state index is 0.0274. The van der Waals surface area contributed by atoms with Crippen LogP contribution >= 0.6 is 0 Å². The van der Waals surface area contributed by atoms with Gasteiger partial charge in [-0.2, -0.15) is 0 Å². The van der Waals surface area contributed by atoms with Crippen LogP contribution in [0.2, 0.25) is 0 Å². The third kappa shape index (κ3) is 6.33. The van der Waals surface area contributed by atoms with E-state index in [-0.39, 0.29) is 24.6 Å². The molecule has 0 radical (unpaired) electrons. The van der Waals surface area contributed by atoms with Crippen molar-refractivity contribution in [3.63, 3.8) is 0 Å². The van der Waals surface area contributed by atoms with Crippen LogP contribution in [-0.4, -0.2) is 41.6 Å². The number of fused-ring (bicyclic) bond motifs is 1. The first kappa shape index (κ1) is 22.4. The summed E-state index contributed by atoms with van der Waals surface area (Å²) in [4.78, 5) is 25.8. The fraction of sp³-hybridized carbons (Fsp3) is 0.333. The predicted molar refractivity (Wildman–Crippen MR) is 123 cm³/mol. The monoisotopic (exact) mass is 422 g/mol. The number of aromatic nitrogens is 1. The number of carbonyl (C=O) groups is 2. The topological polar surface area (TPSA) is 75.6 Å². The molecule has 164 valence electrons. The fourth-order valence-corrected chi connectivity index (χ4v) is 3.08. The van der Waals surface area contributed by atoms with Crippen molar-refractivity contribution < 1.29 is 14.3 Å². The average Bonchev–Trinajstić information content (AvgIpc) is 3.13. The number of rotatable bonds is 8.